The first-order valence-electron chi connectivity index (χ1n) is 9.66. The number of aromatic nitrogens is 3. The normalized spacial score (nSPS) is 19.0. The van der Waals surface area contributed by atoms with Crippen LogP contribution >= 0.6 is 0 Å². The Morgan fingerprint density at radius 2 is 1.96 bits per heavy atom. The van der Waals surface area contributed by atoms with Crippen molar-refractivity contribution in [3.63, 3.8) is 0 Å². The highest BCUT2D eigenvalue weighted by atomic mass is 16.2. The molecule has 0 unspecified atom stereocenters. The molecule has 0 spiro atoms. The molecule has 1 aromatic carbocycles. The Morgan fingerprint density at radius 1 is 1.15 bits per heavy atom. The minimum atomic E-state index is -0.172. The monoisotopic (exact) mass is 367 g/mol. The van der Waals surface area contributed by atoms with Crippen molar-refractivity contribution >= 4 is 11.8 Å². The van der Waals surface area contributed by atoms with Crippen molar-refractivity contribution in [2.45, 2.75) is 45.7 Å². The zero-order valence-corrected chi connectivity index (χ0v) is 15.6. The van der Waals surface area contributed by atoms with Crippen LogP contribution in [0, 0.1) is 12.8 Å². The first-order valence-corrected chi connectivity index (χ1v) is 9.66. The van der Waals surface area contributed by atoms with Crippen LogP contribution in [0.3, 0.4) is 0 Å². The highest BCUT2D eigenvalue weighted by Crippen LogP contribution is 2.20. The summed E-state index contributed by atoms with van der Waals surface area (Å²) in [7, 11) is 0. The lowest BCUT2D eigenvalue weighted by Gasteiger charge is -2.32. The van der Waals surface area contributed by atoms with Gasteiger partial charge in [0.05, 0.1) is 12.5 Å². The maximum absolute atomic E-state index is 12.7. The number of rotatable bonds is 4. The van der Waals surface area contributed by atoms with E-state index >= 15 is 0 Å². The molecule has 1 atom stereocenters. The Balaban J connectivity index is 1.35. The predicted molar refractivity (Wildman–Crippen MR) is 100.0 cm³/mol. The standard InChI is InChI=1S/C20H25N5O2/c1-14-6-8-15(9-7-14)20(27)24-10-2-4-16(13-24)19(26)21-12-18-23-22-17-5-3-11-25(17)18/h6-9,16H,2-5,10-13H2,1H3,(H,21,26)/t16-/m0/s1. The van der Waals surface area contributed by atoms with Crippen LogP contribution in [0.5, 0.6) is 0 Å². The number of hydrogen-bond donors (Lipinski definition) is 1. The lowest BCUT2D eigenvalue weighted by Crippen LogP contribution is -2.45. The average Bonchev–Trinajstić information content (AvgIpc) is 3.30. The van der Waals surface area contributed by atoms with Crippen LogP contribution in [-0.2, 0) is 24.3 Å². The van der Waals surface area contributed by atoms with Crippen molar-refractivity contribution in [3.05, 3.63) is 47.0 Å². The summed E-state index contributed by atoms with van der Waals surface area (Å²) in [6.45, 7) is 4.50. The van der Waals surface area contributed by atoms with Crippen molar-refractivity contribution in [2.75, 3.05) is 13.1 Å². The fourth-order valence-electron chi connectivity index (χ4n) is 3.91. The molecule has 7 nitrogen and oxygen atoms in total. The van der Waals surface area contributed by atoms with Gasteiger partial charge in [-0.15, -0.1) is 10.2 Å². The van der Waals surface area contributed by atoms with Crippen molar-refractivity contribution in [3.8, 4) is 0 Å². The molecule has 2 aromatic rings. The van der Waals surface area contributed by atoms with Gasteiger partial charge in [-0.25, -0.2) is 0 Å². The number of nitrogens with one attached hydrogen (secondary N) is 1. The molecule has 0 aliphatic carbocycles. The molecule has 2 aliphatic heterocycles. The highest BCUT2D eigenvalue weighted by molar-refractivity contribution is 5.94. The molecule has 142 valence electrons. The number of nitrogens with zero attached hydrogens (tertiary/aromatic N) is 4. The zero-order valence-electron chi connectivity index (χ0n) is 15.6. The summed E-state index contributed by atoms with van der Waals surface area (Å²) >= 11 is 0. The number of amides is 2. The average molecular weight is 367 g/mol. The molecule has 1 aromatic heterocycles. The van der Waals surface area contributed by atoms with Crippen molar-refractivity contribution < 1.29 is 9.59 Å². The number of carbonyl (C=O) groups is 2. The Kier molecular flexibility index (Phi) is 4.92. The van der Waals surface area contributed by atoms with Crippen LogP contribution in [0.15, 0.2) is 24.3 Å². The Labute approximate surface area is 158 Å². The molecule has 0 saturated carbocycles. The molecular formula is C20H25N5O2. The summed E-state index contributed by atoms with van der Waals surface area (Å²) in [5.41, 5.74) is 1.81. The highest BCUT2D eigenvalue weighted by Gasteiger charge is 2.29. The molecule has 0 bridgehead atoms. The second-order valence-corrected chi connectivity index (χ2v) is 7.46. The summed E-state index contributed by atoms with van der Waals surface area (Å²) in [4.78, 5) is 27.2. The van der Waals surface area contributed by atoms with E-state index < -0.39 is 0 Å². The summed E-state index contributed by atoms with van der Waals surface area (Å²) in [5, 5.41) is 11.3. The number of piperidine rings is 1. The van der Waals surface area contributed by atoms with Gasteiger partial charge in [-0.3, -0.25) is 9.59 Å². The lowest BCUT2D eigenvalue weighted by atomic mass is 9.96. The van der Waals surface area contributed by atoms with Crippen molar-refractivity contribution in [1.29, 1.82) is 0 Å². The second-order valence-electron chi connectivity index (χ2n) is 7.46. The Morgan fingerprint density at radius 3 is 2.78 bits per heavy atom. The molecule has 0 radical (unpaired) electrons. The van der Waals surface area contributed by atoms with Gasteiger partial charge in [0.2, 0.25) is 5.91 Å². The SMILES string of the molecule is Cc1ccc(C(=O)N2CCC[C@H](C(=O)NCc3nnc4n3CCC4)C2)cc1. The maximum Gasteiger partial charge on any atom is 0.253 e. The number of likely N-dealkylation sites (tertiary alicyclic amines) is 1. The molecule has 7 heteroatoms. The summed E-state index contributed by atoms with van der Waals surface area (Å²) in [6.07, 6.45) is 3.70. The van der Waals surface area contributed by atoms with Gasteiger partial charge >= 0.3 is 0 Å². The topological polar surface area (TPSA) is 80.1 Å². The van der Waals surface area contributed by atoms with Crippen LogP contribution in [0.25, 0.3) is 0 Å². The zero-order chi connectivity index (χ0) is 18.8. The minimum absolute atomic E-state index is 0.00257. The van der Waals surface area contributed by atoms with Gasteiger partial charge in [0, 0.05) is 31.6 Å². The van der Waals surface area contributed by atoms with Gasteiger partial charge in [0.1, 0.15) is 5.82 Å². The first-order chi connectivity index (χ1) is 13.1. The first kappa shape index (κ1) is 17.7. The molecule has 2 aliphatic rings. The number of aryl methyl sites for hydroxylation is 2. The van der Waals surface area contributed by atoms with E-state index in [0.717, 1.165) is 49.4 Å². The quantitative estimate of drug-likeness (QED) is 0.892. The number of benzene rings is 1. The Bertz CT molecular complexity index is 843. The fourth-order valence-corrected chi connectivity index (χ4v) is 3.91. The van der Waals surface area contributed by atoms with E-state index in [1.54, 1.807) is 4.90 Å². The molecule has 1 N–H and O–H groups in total. The van der Waals surface area contributed by atoms with Crippen LogP contribution in [-0.4, -0.2) is 44.6 Å². The van der Waals surface area contributed by atoms with Gasteiger partial charge in [0.25, 0.3) is 5.91 Å². The summed E-state index contributed by atoms with van der Waals surface area (Å²) < 4.78 is 2.09. The van der Waals surface area contributed by atoms with Crippen LogP contribution in [0.1, 0.15) is 46.8 Å². The van der Waals surface area contributed by atoms with E-state index in [4.69, 9.17) is 0 Å². The van der Waals surface area contributed by atoms with E-state index in [1.165, 1.54) is 0 Å². The smallest absolute Gasteiger partial charge is 0.253 e. The van der Waals surface area contributed by atoms with E-state index in [2.05, 4.69) is 20.1 Å². The largest absolute Gasteiger partial charge is 0.348 e. The number of fused-ring (bicyclic) bond motifs is 1. The van der Waals surface area contributed by atoms with Crippen LogP contribution in [0.4, 0.5) is 0 Å². The van der Waals surface area contributed by atoms with Gasteiger partial charge in [-0.1, -0.05) is 17.7 Å². The molecule has 27 heavy (non-hydrogen) atoms. The number of carbonyl (C=O) groups excluding carboxylic acids is 2. The second kappa shape index (κ2) is 7.50. The molecule has 1 saturated heterocycles. The van der Waals surface area contributed by atoms with Crippen molar-refractivity contribution in [1.82, 2.24) is 25.0 Å². The van der Waals surface area contributed by atoms with Gasteiger partial charge < -0.3 is 14.8 Å². The molecule has 4 rings (SSSR count). The van der Waals surface area contributed by atoms with E-state index in [9.17, 15) is 9.59 Å². The van der Waals surface area contributed by atoms with Crippen LogP contribution < -0.4 is 5.32 Å². The summed E-state index contributed by atoms with van der Waals surface area (Å²) in [5.74, 6) is 1.65. The van der Waals surface area contributed by atoms with Crippen LogP contribution in [0.2, 0.25) is 0 Å². The molecular weight excluding hydrogens is 342 g/mol. The minimum Gasteiger partial charge on any atom is -0.348 e. The third-order valence-electron chi connectivity index (χ3n) is 5.48. The fraction of sp³-hybridized carbons (Fsp3) is 0.500. The summed E-state index contributed by atoms with van der Waals surface area (Å²) in [6, 6.07) is 7.59. The van der Waals surface area contributed by atoms with E-state index in [-0.39, 0.29) is 17.7 Å². The van der Waals surface area contributed by atoms with E-state index in [0.29, 0.717) is 25.2 Å². The van der Waals surface area contributed by atoms with Gasteiger partial charge in [0.15, 0.2) is 5.82 Å². The molecule has 3 heterocycles. The van der Waals surface area contributed by atoms with Crippen molar-refractivity contribution in [2.24, 2.45) is 5.92 Å². The molecule has 1 fully saturated rings. The van der Waals surface area contributed by atoms with Gasteiger partial charge in [-0.2, -0.15) is 0 Å². The third-order valence-corrected chi connectivity index (χ3v) is 5.48. The number of hydrogen-bond acceptors (Lipinski definition) is 4. The Hall–Kier alpha value is -2.70. The predicted octanol–water partition coefficient (Wildman–Crippen LogP) is 1.70. The van der Waals surface area contributed by atoms with E-state index in [1.807, 2.05) is 31.2 Å². The third kappa shape index (κ3) is 3.72. The molecule has 2 amide bonds. The lowest BCUT2D eigenvalue weighted by molar-refractivity contribution is -0.126. The maximum atomic E-state index is 12.7. The van der Waals surface area contributed by atoms with Gasteiger partial charge in [-0.05, 0) is 38.3 Å².